The number of anilines is 1. The predicted molar refractivity (Wildman–Crippen MR) is 126 cm³/mol. The Labute approximate surface area is 196 Å². The zero-order valence-corrected chi connectivity index (χ0v) is 18.8. The highest BCUT2D eigenvalue weighted by atomic mass is 35.5. The van der Waals surface area contributed by atoms with Gasteiger partial charge in [-0.15, -0.1) is 0 Å². The Balaban J connectivity index is 1.49. The van der Waals surface area contributed by atoms with Crippen LogP contribution in [0.25, 0.3) is 0 Å². The summed E-state index contributed by atoms with van der Waals surface area (Å²) in [6.45, 7) is 3.56. The summed E-state index contributed by atoms with van der Waals surface area (Å²) in [4.78, 5) is 25.2. The smallest absolute Gasteiger partial charge is 0.229 e. The number of aryl methyl sites for hydroxylation is 2. The fourth-order valence-electron chi connectivity index (χ4n) is 3.36. The molecule has 0 aliphatic heterocycles. The van der Waals surface area contributed by atoms with E-state index in [-0.39, 0.29) is 18.1 Å². The number of nitrogens with one attached hydrogen (secondary N) is 1. The average molecular weight is 461 g/mol. The lowest BCUT2D eigenvalue weighted by atomic mass is 10.0. The summed E-state index contributed by atoms with van der Waals surface area (Å²) in [6.07, 6.45) is 0.114. The molecule has 0 aliphatic rings. The van der Waals surface area contributed by atoms with E-state index < -0.39 is 0 Å². The monoisotopic (exact) mass is 460 g/mol. The number of ether oxygens (including phenoxy) is 1. The molecule has 7 heteroatoms. The van der Waals surface area contributed by atoms with E-state index in [1.165, 1.54) is 0 Å². The van der Waals surface area contributed by atoms with Crippen molar-refractivity contribution in [3.63, 3.8) is 0 Å². The first-order valence-electron chi connectivity index (χ1n) is 10.3. The molecule has 6 nitrogen and oxygen atoms in total. The van der Waals surface area contributed by atoms with Crippen LogP contribution < -0.4 is 10.1 Å². The molecule has 4 rings (SSSR count). The minimum absolute atomic E-state index is 0.0686. The Kier molecular flexibility index (Phi) is 6.56. The number of amides is 1. The Morgan fingerprint density at radius 3 is 2.33 bits per heavy atom. The van der Waals surface area contributed by atoms with Gasteiger partial charge in [-0.2, -0.15) is 0 Å². The van der Waals surface area contributed by atoms with Crippen LogP contribution in [-0.2, 0) is 11.2 Å². The molecule has 0 atom stereocenters. The number of carbonyl (C=O) groups excluding carboxylic acids is 2. The highest BCUT2D eigenvalue weighted by Crippen LogP contribution is 2.32. The van der Waals surface area contributed by atoms with Crippen molar-refractivity contribution < 1.29 is 18.8 Å². The maximum absolute atomic E-state index is 12.6. The van der Waals surface area contributed by atoms with Crippen LogP contribution in [0.2, 0.25) is 5.02 Å². The molecule has 0 saturated heterocycles. The van der Waals surface area contributed by atoms with Crippen LogP contribution in [0.15, 0.2) is 77.3 Å². The lowest BCUT2D eigenvalue weighted by Gasteiger charge is -2.13. The second kappa shape index (κ2) is 9.71. The maximum Gasteiger partial charge on any atom is 0.229 e. The molecule has 1 heterocycles. The summed E-state index contributed by atoms with van der Waals surface area (Å²) in [5.41, 5.74) is 3.03. The lowest BCUT2D eigenvalue weighted by Crippen LogP contribution is -2.15. The van der Waals surface area contributed by atoms with E-state index >= 15 is 0 Å². The van der Waals surface area contributed by atoms with Crippen LogP contribution in [0.3, 0.4) is 0 Å². The van der Waals surface area contributed by atoms with Crippen molar-refractivity contribution in [1.29, 1.82) is 0 Å². The van der Waals surface area contributed by atoms with E-state index in [1.807, 2.05) is 18.2 Å². The van der Waals surface area contributed by atoms with Gasteiger partial charge in [0.25, 0.3) is 0 Å². The largest absolute Gasteiger partial charge is 0.455 e. The first kappa shape index (κ1) is 22.3. The van der Waals surface area contributed by atoms with Crippen molar-refractivity contribution >= 4 is 29.0 Å². The van der Waals surface area contributed by atoms with Crippen LogP contribution in [0.5, 0.6) is 11.5 Å². The number of nitrogens with zero attached hydrogens (tertiary/aromatic N) is 1. The summed E-state index contributed by atoms with van der Waals surface area (Å²) in [5.74, 6) is 1.23. The summed E-state index contributed by atoms with van der Waals surface area (Å²) in [5, 5.41) is 7.18. The van der Waals surface area contributed by atoms with Crippen molar-refractivity contribution in [3.05, 3.63) is 106 Å². The molecule has 0 bridgehead atoms. The molecule has 33 heavy (non-hydrogen) atoms. The molecule has 0 aliphatic carbocycles. The van der Waals surface area contributed by atoms with E-state index in [2.05, 4.69) is 10.5 Å². The zero-order valence-electron chi connectivity index (χ0n) is 18.1. The molecule has 1 N–H and O–H groups in total. The van der Waals surface area contributed by atoms with Crippen LogP contribution in [-0.4, -0.2) is 16.8 Å². The van der Waals surface area contributed by atoms with Gasteiger partial charge in [0, 0.05) is 21.7 Å². The number of ketones is 1. The van der Waals surface area contributed by atoms with Gasteiger partial charge in [-0.3, -0.25) is 9.59 Å². The van der Waals surface area contributed by atoms with Gasteiger partial charge in [-0.05, 0) is 56.3 Å². The molecule has 0 radical (unpaired) electrons. The quantitative estimate of drug-likeness (QED) is 0.334. The van der Waals surface area contributed by atoms with Gasteiger partial charge in [0.2, 0.25) is 5.91 Å². The fraction of sp³-hybridized carbons (Fsp3) is 0.115. The van der Waals surface area contributed by atoms with Crippen molar-refractivity contribution in [2.75, 3.05) is 5.32 Å². The third kappa shape index (κ3) is 5.30. The Morgan fingerprint density at radius 2 is 1.67 bits per heavy atom. The topological polar surface area (TPSA) is 81.4 Å². The molecule has 3 aromatic carbocycles. The number of hydrogen-bond acceptors (Lipinski definition) is 5. The third-order valence-electron chi connectivity index (χ3n) is 5.11. The molecule has 1 amide bonds. The van der Waals surface area contributed by atoms with E-state index in [4.69, 9.17) is 20.9 Å². The van der Waals surface area contributed by atoms with Gasteiger partial charge in [0.1, 0.15) is 11.5 Å². The molecular formula is C26H21ClN2O4. The van der Waals surface area contributed by atoms with Crippen LogP contribution in [0.1, 0.15) is 32.9 Å². The number of halogens is 1. The fourth-order valence-corrected chi connectivity index (χ4v) is 3.53. The SMILES string of the molecule is Cc1noc(C)c1CC(=O)Nc1cc(Cl)ccc1Oc1ccc(C(=O)c2ccccc2)cc1. The number of rotatable bonds is 7. The number of benzene rings is 3. The number of hydrogen-bond donors (Lipinski definition) is 1. The zero-order chi connectivity index (χ0) is 23.4. The van der Waals surface area contributed by atoms with Crippen molar-refractivity contribution in [2.24, 2.45) is 0 Å². The third-order valence-corrected chi connectivity index (χ3v) is 5.35. The molecular weight excluding hydrogens is 440 g/mol. The van der Waals surface area contributed by atoms with E-state index in [0.29, 0.717) is 44.8 Å². The van der Waals surface area contributed by atoms with Gasteiger partial charge in [0.15, 0.2) is 11.5 Å². The van der Waals surface area contributed by atoms with Gasteiger partial charge >= 0.3 is 0 Å². The number of aromatic nitrogens is 1. The lowest BCUT2D eigenvalue weighted by molar-refractivity contribution is -0.115. The van der Waals surface area contributed by atoms with Crippen LogP contribution in [0, 0.1) is 13.8 Å². The minimum atomic E-state index is -0.250. The molecule has 166 valence electrons. The van der Waals surface area contributed by atoms with Crippen molar-refractivity contribution in [1.82, 2.24) is 5.16 Å². The average Bonchev–Trinajstić information content (AvgIpc) is 3.13. The van der Waals surface area contributed by atoms with Crippen molar-refractivity contribution in [3.8, 4) is 11.5 Å². The summed E-state index contributed by atoms with van der Waals surface area (Å²) >= 11 is 6.14. The second-order valence-electron chi connectivity index (χ2n) is 7.49. The normalized spacial score (nSPS) is 10.6. The standard InChI is InChI=1S/C26H21ClN2O4/c1-16-22(17(2)33-29-16)15-25(30)28-23-14-20(27)10-13-24(23)32-21-11-8-19(9-12-21)26(31)18-6-4-3-5-7-18/h3-14H,15H2,1-2H3,(H,28,30). The Morgan fingerprint density at radius 1 is 0.970 bits per heavy atom. The van der Waals surface area contributed by atoms with Crippen LogP contribution >= 0.6 is 11.6 Å². The van der Waals surface area contributed by atoms with Gasteiger partial charge in [-0.25, -0.2) is 0 Å². The number of carbonyl (C=O) groups is 2. The van der Waals surface area contributed by atoms with Gasteiger partial charge in [0.05, 0.1) is 17.8 Å². The molecule has 0 fully saturated rings. The van der Waals surface area contributed by atoms with Crippen LogP contribution in [0.4, 0.5) is 5.69 Å². The molecule has 1 aromatic heterocycles. The molecule has 4 aromatic rings. The first-order valence-corrected chi connectivity index (χ1v) is 10.7. The summed E-state index contributed by atoms with van der Waals surface area (Å²) < 4.78 is 11.1. The van der Waals surface area contributed by atoms with Gasteiger partial charge < -0.3 is 14.6 Å². The maximum atomic E-state index is 12.6. The summed E-state index contributed by atoms with van der Waals surface area (Å²) in [6, 6.07) is 20.9. The Bertz CT molecular complexity index is 1280. The molecule has 0 spiro atoms. The molecule has 0 saturated carbocycles. The highest BCUT2D eigenvalue weighted by molar-refractivity contribution is 6.31. The summed E-state index contributed by atoms with van der Waals surface area (Å²) in [7, 11) is 0. The minimum Gasteiger partial charge on any atom is -0.455 e. The van der Waals surface area contributed by atoms with E-state index in [9.17, 15) is 9.59 Å². The van der Waals surface area contributed by atoms with Gasteiger partial charge in [-0.1, -0.05) is 47.1 Å². The van der Waals surface area contributed by atoms with E-state index in [1.54, 1.807) is 68.4 Å². The van der Waals surface area contributed by atoms with E-state index in [0.717, 1.165) is 5.56 Å². The highest BCUT2D eigenvalue weighted by Gasteiger charge is 2.16. The first-order chi connectivity index (χ1) is 15.9. The second-order valence-corrected chi connectivity index (χ2v) is 7.93. The predicted octanol–water partition coefficient (Wildman–Crippen LogP) is 6.15. The van der Waals surface area contributed by atoms with Crippen molar-refractivity contribution in [2.45, 2.75) is 20.3 Å². The molecule has 0 unspecified atom stereocenters. The Hall–Kier alpha value is -3.90.